The van der Waals surface area contributed by atoms with E-state index in [1.54, 1.807) is 0 Å². The molecule has 0 saturated heterocycles. The molecule has 0 unspecified atom stereocenters. The summed E-state index contributed by atoms with van der Waals surface area (Å²) >= 11 is 0. The van der Waals surface area contributed by atoms with E-state index in [-0.39, 0.29) is 0 Å². The van der Waals surface area contributed by atoms with Gasteiger partial charge < -0.3 is 4.90 Å². The summed E-state index contributed by atoms with van der Waals surface area (Å²) in [6.07, 6.45) is 8.25. The topological polar surface area (TPSA) is 3.24 Å². The first-order valence-electron chi connectivity index (χ1n) is 6.51. The van der Waals surface area contributed by atoms with E-state index >= 15 is 0 Å². The van der Waals surface area contributed by atoms with Crippen molar-refractivity contribution in [2.24, 2.45) is 11.8 Å². The third kappa shape index (κ3) is 4.27. The number of hydrogen-bond donors (Lipinski definition) is 0. The summed E-state index contributed by atoms with van der Waals surface area (Å²) in [6.45, 7) is 10.0. The second kappa shape index (κ2) is 6.19. The van der Waals surface area contributed by atoms with E-state index < -0.39 is 0 Å². The standard InChI is InChI=1S/C14H27N/c1-12(2)10-11-15(4)13(3)14-8-6-5-7-9-14/h12,14H,3,5-11H2,1-2,4H3. The van der Waals surface area contributed by atoms with Crippen molar-refractivity contribution in [3.8, 4) is 0 Å². The first-order chi connectivity index (χ1) is 7.11. The lowest BCUT2D eigenvalue weighted by atomic mass is 9.87. The molecule has 88 valence electrons. The van der Waals surface area contributed by atoms with Gasteiger partial charge in [0.25, 0.3) is 0 Å². The molecule has 1 saturated carbocycles. The summed E-state index contributed by atoms with van der Waals surface area (Å²) in [5, 5.41) is 0. The van der Waals surface area contributed by atoms with Crippen LogP contribution in [-0.4, -0.2) is 18.5 Å². The largest absolute Gasteiger partial charge is 0.378 e. The monoisotopic (exact) mass is 209 g/mol. The van der Waals surface area contributed by atoms with Gasteiger partial charge in [-0.3, -0.25) is 0 Å². The summed E-state index contributed by atoms with van der Waals surface area (Å²) in [5.41, 5.74) is 1.38. The van der Waals surface area contributed by atoms with Gasteiger partial charge in [-0.15, -0.1) is 0 Å². The molecule has 0 spiro atoms. The van der Waals surface area contributed by atoms with Crippen LogP contribution < -0.4 is 0 Å². The molecule has 0 heterocycles. The molecule has 1 rings (SSSR count). The van der Waals surface area contributed by atoms with Crippen molar-refractivity contribution in [2.75, 3.05) is 13.6 Å². The minimum Gasteiger partial charge on any atom is -0.378 e. The summed E-state index contributed by atoms with van der Waals surface area (Å²) in [5.74, 6) is 1.57. The third-order valence-corrected chi connectivity index (χ3v) is 3.61. The number of hydrogen-bond acceptors (Lipinski definition) is 1. The molecule has 0 aromatic carbocycles. The highest BCUT2D eigenvalue weighted by Crippen LogP contribution is 2.30. The Morgan fingerprint density at radius 2 is 1.87 bits per heavy atom. The maximum Gasteiger partial charge on any atom is 0.0174 e. The van der Waals surface area contributed by atoms with Crippen LogP contribution in [0.1, 0.15) is 52.4 Å². The summed E-state index contributed by atoms with van der Waals surface area (Å²) in [4.78, 5) is 2.38. The van der Waals surface area contributed by atoms with Gasteiger partial charge in [0.15, 0.2) is 0 Å². The molecule has 0 aromatic rings. The van der Waals surface area contributed by atoms with Gasteiger partial charge in [-0.1, -0.05) is 39.7 Å². The Hall–Kier alpha value is -0.460. The Balaban J connectivity index is 2.30. The lowest BCUT2D eigenvalue weighted by molar-refractivity contribution is 0.292. The SMILES string of the molecule is C=C(C1CCCCC1)N(C)CCC(C)C. The predicted molar refractivity (Wildman–Crippen MR) is 67.8 cm³/mol. The van der Waals surface area contributed by atoms with Crippen LogP contribution in [0.4, 0.5) is 0 Å². The summed E-state index contributed by atoms with van der Waals surface area (Å²) in [7, 11) is 2.21. The Morgan fingerprint density at radius 1 is 1.27 bits per heavy atom. The predicted octanol–water partition coefficient (Wildman–Crippen LogP) is 4.06. The Bertz CT molecular complexity index is 190. The lowest BCUT2D eigenvalue weighted by Gasteiger charge is -2.31. The number of rotatable bonds is 5. The van der Waals surface area contributed by atoms with Crippen LogP contribution in [0.5, 0.6) is 0 Å². The fraction of sp³-hybridized carbons (Fsp3) is 0.857. The quantitative estimate of drug-likeness (QED) is 0.660. The average Bonchev–Trinajstić information content (AvgIpc) is 2.26. The molecule has 0 bridgehead atoms. The van der Waals surface area contributed by atoms with Crippen molar-refractivity contribution in [1.29, 1.82) is 0 Å². The Kier molecular flexibility index (Phi) is 5.21. The lowest BCUT2D eigenvalue weighted by Crippen LogP contribution is -2.25. The smallest absolute Gasteiger partial charge is 0.0174 e. The molecular formula is C14H27N. The van der Waals surface area contributed by atoms with Crippen LogP contribution in [0.25, 0.3) is 0 Å². The van der Waals surface area contributed by atoms with Gasteiger partial charge in [0.2, 0.25) is 0 Å². The van der Waals surface area contributed by atoms with Crippen molar-refractivity contribution < 1.29 is 0 Å². The zero-order valence-corrected chi connectivity index (χ0v) is 10.8. The number of nitrogens with zero attached hydrogens (tertiary/aromatic N) is 1. The van der Waals surface area contributed by atoms with E-state index in [0.29, 0.717) is 0 Å². The van der Waals surface area contributed by atoms with Crippen LogP contribution >= 0.6 is 0 Å². The second-order valence-corrected chi connectivity index (χ2v) is 5.43. The third-order valence-electron chi connectivity index (χ3n) is 3.61. The van der Waals surface area contributed by atoms with Crippen molar-refractivity contribution in [1.82, 2.24) is 4.90 Å². The molecule has 1 aliphatic rings. The van der Waals surface area contributed by atoms with Crippen LogP contribution in [0.3, 0.4) is 0 Å². The Morgan fingerprint density at radius 3 is 2.40 bits per heavy atom. The maximum absolute atomic E-state index is 4.28. The molecule has 1 nitrogen and oxygen atoms in total. The molecule has 0 atom stereocenters. The van der Waals surface area contributed by atoms with Gasteiger partial charge in [-0.2, -0.15) is 0 Å². The molecule has 0 radical (unpaired) electrons. The summed E-state index contributed by atoms with van der Waals surface area (Å²) in [6, 6.07) is 0. The van der Waals surface area contributed by atoms with E-state index in [2.05, 4.69) is 32.4 Å². The van der Waals surface area contributed by atoms with Gasteiger partial charge >= 0.3 is 0 Å². The van der Waals surface area contributed by atoms with Gasteiger partial charge in [0.05, 0.1) is 0 Å². The molecular weight excluding hydrogens is 182 g/mol. The molecule has 0 aliphatic heterocycles. The minimum atomic E-state index is 0.774. The first-order valence-corrected chi connectivity index (χ1v) is 6.51. The van der Waals surface area contributed by atoms with Crippen LogP contribution in [0.15, 0.2) is 12.3 Å². The van der Waals surface area contributed by atoms with Gasteiger partial charge in [0.1, 0.15) is 0 Å². The average molecular weight is 209 g/mol. The molecule has 1 aliphatic carbocycles. The van der Waals surface area contributed by atoms with Gasteiger partial charge in [-0.25, -0.2) is 0 Å². The molecule has 15 heavy (non-hydrogen) atoms. The molecule has 0 N–H and O–H groups in total. The fourth-order valence-electron chi connectivity index (χ4n) is 2.34. The van der Waals surface area contributed by atoms with Crippen LogP contribution in [-0.2, 0) is 0 Å². The van der Waals surface area contributed by atoms with Gasteiger partial charge in [0, 0.05) is 19.3 Å². The van der Waals surface area contributed by atoms with E-state index in [9.17, 15) is 0 Å². The van der Waals surface area contributed by atoms with Gasteiger partial charge in [-0.05, 0) is 31.1 Å². The second-order valence-electron chi connectivity index (χ2n) is 5.43. The summed E-state index contributed by atoms with van der Waals surface area (Å²) < 4.78 is 0. The maximum atomic E-state index is 4.28. The highest BCUT2D eigenvalue weighted by molar-refractivity contribution is 5.00. The molecule has 1 fully saturated rings. The molecule has 0 amide bonds. The zero-order valence-electron chi connectivity index (χ0n) is 10.8. The van der Waals surface area contributed by atoms with Crippen molar-refractivity contribution in [3.05, 3.63) is 12.3 Å². The highest BCUT2D eigenvalue weighted by atomic mass is 15.1. The Labute approximate surface area is 95.5 Å². The van der Waals surface area contributed by atoms with E-state index in [0.717, 1.165) is 11.8 Å². The van der Waals surface area contributed by atoms with Crippen LogP contribution in [0, 0.1) is 11.8 Å². The van der Waals surface area contributed by atoms with Crippen LogP contribution in [0.2, 0.25) is 0 Å². The van der Waals surface area contributed by atoms with Crippen molar-refractivity contribution in [2.45, 2.75) is 52.4 Å². The molecule has 0 aromatic heterocycles. The van der Waals surface area contributed by atoms with E-state index in [1.807, 2.05) is 0 Å². The normalized spacial score (nSPS) is 18.1. The van der Waals surface area contributed by atoms with E-state index in [4.69, 9.17) is 0 Å². The number of allylic oxidation sites excluding steroid dienone is 1. The zero-order chi connectivity index (χ0) is 11.3. The fourth-order valence-corrected chi connectivity index (χ4v) is 2.34. The minimum absolute atomic E-state index is 0.774. The van der Waals surface area contributed by atoms with Crippen molar-refractivity contribution >= 4 is 0 Å². The highest BCUT2D eigenvalue weighted by Gasteiger charge is 2.18. The van der Waals surface area contributed by atoms with E-state index in [1.165, 1.54) is 50.8 Å². The first kappa shape index (κ1) is 12.6. The molecule has 1 heteroatoms. The van der Waals surface area contributed by atoms with Crippen molar-refractivity contribution in [3.63, 3.8) is 0 Å².